The van der Waals surface area contributed by atoms with Crippen molar-refractivity contribution in [3.8, 4) is 5.75 Å². The highest BCUT2D eigenvalue weighted by atomic mass is 16.3. The van der Waals surface area contributed by atoms with Gasteiger partial charge in [0.25, 0.3) is 0 Å². The van der Waals surface area contributed by atoms with Crippen molar-refractivity contribution in [1.29, 1.82) is 0 Å². The number of phenolic OH excluding ortho intramolecular Hbond substituents is 1. The summed E-state index contributed by atoms with van der Waals surface area (Å²) in [7, 11) is 0. The van der Waals surface area contributed by atoms with Crippen molar-refractivity contribution in [1.82, 2.24) is 0 Å². The first-order valence-corrected chi connectivity index (χ1v) is 9.32. The van der Waals surface area contributed by atoms with Gasteiger partial charge in [0.2, 0.25) is 0 Å². The maximum atomic E-state index is 11.7. The molecule has 126 valence electrons. The monoisotopic (exact) mass is 314 g/mol. The summed E-state index contributed by atoms with van der Waals surface area (Å²) in [6.45, 7) is 4.69. The molecule has 0 aliphatic heterocycles. The van der Waals surface area contributed by atoms with E-state index in [0.717, 1.165) is 37.5 Å². The summed E-state index contributed by atoms with van der Waals surface area (Å²) >= 11 is 0. The van der Waals surface area contributed by atoms with Crippen molar-refractivity contribution < 1.29 is 9.90 Å². The van der Waals surface area contributed by atoms with Crippen LogP contribution in [0.2, 0.25) is 0 Å². The van der Waals surface area contributed by atoms with E-state index in [9.17, 15) is 9.90 Å². The summed E-state index contributed by atoms with van der Waals surface area (Å²) in [5, 5.41) is 9.65. The Hall–Kier alpha value is -1.31. The van der Waals surface area contributed by atoms with Crippen LogP contribution in [0, 0.1) is 17.8 Å². The molecule has 2 aliphatic rings. The molecule has 0 atom stereocenters. The van der Waals surface area contributed by atoms with Crippen molar-refractivity contribution >= 4 is 5.78 Å². The van der Waals surface area contributed by atoms with E-state index in [1.54, 1.807) is 0 Å². The second-order valence-corrected chi connectivity index (χ2v) is 8.10. The molecule has 0 amide bonds. The smallest absolute Gasteiger partial charge is 0.132 e. The molecule has 0 aromatic heterocycles. The SMILES string of the molecule is CC(C)C1CCC(c2ccc(O)cc2)(C2CCC(=O)CC2)CC1. The first-order valence-electron chi connectivity index (χ1n) is 9.32. The molecule has 2 aliphatic carbocycles. The minimum Gasteiger partial charge on any atom is -0.508 e. The molecule has 0 unspecified atom stereocenters. The van der Waals surface area contributed by atoms with Crippen LogP contribution < -0.4 is 0 Å². The zero-order valence-electron chi connectivity index (χ0n) is 14.6. The lowest BCUT2D eigenvalue weighted by atomic mass is 9.56. The zero-order valence-corrected chi connectivity index (χ0v) is 14.6. The molecule has 2 heteroatoms. The van der Waals surface area contributed by atoms with Crippen LogP contribution in [0.15, 0.2) is 24.3 Å². The van der Waals surface area contributed by atoms with Gasteiger partial charge in [0, 0.05) is 12.8 Å². The largest absolute Gasteiger partial charge is 0.508 e. The molecule has 3 rings (SSSR count). The van der Waals surface area contributed by atoms with Crippen molar-refractivity contribution in [3.05, 3.63) is 29.8 Å². The first-order chi connectivity index (χ1) is 11.0. The molecule has 0 saturated heterocycles. The molecule has 2 fully saturated rings. The highest BCUT2D eigenvalue weighted by Gasteiger charge is 2.44. The van der Waals surface area contributed by atoms with Crippen LogP contribution in [0.1, 0.15) is 70.8 Å². The first kappa shape index (κ1) is 16.5. The van der Waals surface area contributed by atoms with E-state index < -0.39 is 0 Å². The quantitative estimate of drug-likeness (QED) is 0.829. The fraction of sp³-hybridized carbons (Fsp3) is 0.667. The average Bonchev–Trinajstić information content (AvgIpc) is 2.56. The van der Waals surface area contributed by atoms with Gasteiger partial charge in [0.1, 0.15) is 11.5 Å². The lowest BCUT2D eigenvalue weighted by Crippen LogP contribution is -2.41. The topological polar surface area (TPSA) is 37.3 Å². The average molecular weight is 314 g/mol. The number of aromatic hydroxyl groups is 1. The molecule has 1 aromatic rings. The Labute approximate surface area is 140 Å². The van der Waals surface area contributed by atoms with Crippen LogP contribution in [-0.4, -0.2) is 10.9 Å². The Bertz CT molecular complexity index is 525. The molecule has 2 nitrogen and oxygen atoms in total. The predicted octanol–water partition coefficient (Wildman–Crippen LogP) is 5.24. The van der Waals surface area contributed by atoms with Crippen molar-refractivity contribution in [2.45, 2.75) is 70.6 Å². The van der Waals surface area contributed by atoms with E-state index in [1.807, 2.05) is 12.1 Å². The molecule has 0 heterocycles. The zero-order chi connectivity index (χ0) is 16.4. The number of benzene rings is 1. The van der Waals surface area contributed by atoms with E-state index in [1.165, 1.54) is 31.2 Å². The molecular formula is C21H30O2. The maximum Gasteiger partial charge on any atom is 0.132 e. The molecule has 1 N–H and O–H groups in total. The molecular weight excluding hydrogens is 284 g/mol. The third-order valence-corrected chi connectivity index (χ3v) is 6.63. The number of phenols is 1. The van der Waals surface area contributed by atoms with Crippen LogP contribution in [0.5, 0.6) is 5.75 Å². The summed E-state index contributed by atoms with van der Waals surface area (Å²) in [6, 6.07) is 7.92. The third kappa shape index (κ3) is 3.32. The van der Waals surface area contributed by atoms with E-state index in [4.69, 9.17) is 0 Å². The van der Waals surface area contributed by atoms with Crippen LogP contribution >= 0.6 is 0 Å². The van der Waals surface area contributed by atoms with Crippen molar-refractivity contribution in [3.63, 3.8) is 0 Å². The van der Waals surface area contributed by atoms with Gasteiger partial charge in [-0.05, 0) is 79.4 Å². The normalized spacial score (nSPS) is 29.9. The molecule has 23 heavy (non-hydrogen) atoms. The molecule has 2 saturated carbocycles. The van der Waals surface area contributed by atoms with Crippen LogP contribution in [0.25, 0.3) is 0 Å². The number of carbonyl (C=O) groups is 1. The highest BCUT2D eigenvalue weighted by molar-refractivity contribution is 5.79. The molecule has 0 radical (unpaired) electrons. The molecule has 0 bridgehead atoms. The fourth-order valence-electron chi connectivity index (χ4n) is 5.04. The Morgan fingerprint density at radius 3 is 2.09 bits per heavy atom. The fourth-order valence-corrected chi connectivity index (χ4v) is 5.04. The second-order valence-electron chi connectivity index (χ2n) is 8.10. The summed E-state index contributed by atoms with van der Waals surface area (Å²) in [5.74, 6) is 3.01. The van der Waals surface area contributed by atoms with Crippen LogP contribution in [-0.2, 0) is 10.2 Å². The second kappa shape index (κ2) is 6.67. The van der Waals surface area contributed by atoms with E-state index in [2.05, 4.69) is 26.0 Å². The van der Waals surface area contributed by atoms with Crippen LogP contribution in [0.3, 0.4) is 0 Å². The molecule has 1 aromatic carbocycles. The maximum absolute atomic E-state index is 11.7. The number of rotatable bonds is 3. The van der Waals surface area contributed by atoms with Gasteiger partial charge in [0.15, 0.2) is 0 Å². The Morgan fingerprint density at radius 2 is 1.57 bits per heavy atom. The highest BCUT2D eigenvalue weighted by Crippen LogP contribution is 2.52. The number of Topliss-reactive ketones (excluding diaryl/α,β-unsaturated/α-hetero) is 1. The lowest BCUT2D eigenvalue weighted by Gasteiger charge is -2.48. The van der Waals surface area contributed by atoms with E-state index in [0.29, 0.717) is 17.5 Å². The Kier molecular flexibility index (Phi) is 4.79. The minimum atomic E-state index is 0.222. The van der Waals surface area contributed by atoms with Gasteiger partial charge in [0.05, 0.1) is 0 Å². The summed E-state index contributed by atoms with van der Waals surface area (Å²) in [6.07, 6.45) is 8.68. The number of ketones is 1. The summed E-state index contributed by atoms with van der Waals surface area (Å²) in [5.41, 5.74) is 1.61. The van der Waals surface area contributed by atoms with Crippen LogP contribution in [0.4, 0.5) is 0 Å². The van der Waals surface area contributed by atoms with Gasteiger partial charge < -0.3 is 5.11 Å². The van der Waals surface area contributed by atoms with E-state index >= 15 is 0 Å². The van der Waals surface area contributed by atoms with Crippen molar-refractivity contribution in [2.75, 3.05) is 0 Å². The van der Waals surface area contributed by atoms with E-state index in [-0.39, 0.29) is 5.41 Å². The number of hydrogen-bond donors (Lipinski definition) is 1. The van der Waals surface area contributed by atoms with Gasteiger partial charge in [-0.3, -0.25) is 4.79 Å². The number of hydrogen-bond acceptors (Lipinski definition) is 2. The van der Waals surface area contributed by atoms with Gasteiger partial charge in [-0.25, -0.2) is 0 Å². The number of carbonyl (C=O) groups excluding carboxylic acids is 1. The van der Waals surface area contributed by atoms with Crippen molar-refractivity contribution in [2.24, 2.45) is 17.8 Å². The Balaban J connectivity index is 1.87. The van der Waals surface area contributed by atoms with Gasteiger partial charge in [-0.15, -0.1) is 0 Å². The minimum absolute atomic E-state index is 0.222. The molecule has 0 spiro atoms. The third-order valence-electron chi connectivity index (χ3n) is 6.63. The standard InChI is InChI=1S/C21H30O2/c1-15(2)16-11-13-21(14-12-16,17-3-7-19(22)8-4-17)18-5-9-20(23)10-6-18/h3-4,7-8,15-16,18,22H,5-6,9-14H2,1-2H3. The van der Waals surface area contributed by atoms with Gasteiger partial charge >= 0.3 is 0 Å². The predicted molar refractivity (Wildman–Crippen MR) is 93.5 cm³/mol. The lowest BCUT2D eigenvalue weighted by molar-refractivity contribution is -0.121. The van der Waals surface area contributed by atoms with Gasteiger partial charge in [-0.2, -0.15) is 0 Å². The summed E-state index contributed by atoms with van der Waals surface area (Å²) < 4.78 is 0. The van der Waals surface area contributed by atoms with Gasteiger partial charge in [-0.1, -0.05) is 26.0 Å². The Morgan fingerprint density at radius 1 is 1.00 bits per heavy atom. The summed E-state index contributed by atoms with van der Waals surface area (Å²) in [4.78, 5) is 11.7.